The van der Waals surface area contributed by atoms with Crippen molar-refractivity contribution in [3.8, 4) is 5.88 Å². The molecule has 1 aliphatic carbocycles. The number of alkyl halides is 4. The lowest BCUT2D eigenvalue weighted by atomic mass is 9.73. The Bertz CT molecular complexity index is 1140. The second-order valence-electron chi connectivity index (χ2n) is 10.4. The van der Waals surface area contributed by atoms with E-state index in [0.717, 1.165) is 32.4 Å². The van der Waals surface area contributed by atoms with Crippen molar-refractivity contribution in [2.45, 2.75) is 82.1 Å². The number of halogens is 5. The van der Waals surface area contributed by atoms with Gasteiger partial charge in [-0.15, -0.1) is 0 Å². The molecule has 6 nitrogen and oxygen atoms in total. The highest BCUT2D eigenvalue weighted by molar-refractivity contribution is 5.73. The second-order valence-corrected chi connectivity index (χ2v) is 10.4. The molecule has 11 heteroatoms. The number of aliphatic hydroxyl groups excluding tert-OH is 1. The number of ether oxygens (including phenoxy) is 1. The van der Waals surface area contributed by atoms with Crippen molar-refractivity contribution in [3.05, 3.63) is 59.0 Å². The fourth-order valence-electron chi connectivity index (χ4n) is 5.08. The lowest BCUT2D eigenvalue weighted by molar-refractivity contribution is -0.186. The first-order chi connectivity index (χ1) is 17.9. The average Bonchev–Trinajstić information content (AvgIpc) is 2.83. The van der Waals surface area contributed by atoms with E-state index >= 15 is 0 Å². The van der Waals surface area contributed by atoms with Crippen molar-refractivity contribution in [1.29, 1.82) is 0 Å². The number of nitrogens with zero attached hydrogens (tertiary/aromatic N) is 1. The van der Waals surface area contributed by atoms with Crippen LogP contribution in [-0.2, 0) is 11.2 Å². The molecule has 1 spiro atoms. The van der Waals surface area contributed by atoms with E-state index in [4.69, 9.17) is 4.74 Å². The van der Waals surface area contributed by atoms with Gasteiger partial charge in [0.05, 0.1) is 18.1 Å². The summed E-state index contributed by atoms with van der Waals surface area (Å²) in [5, 5.41) is 16.9. The Morgan fingerprint density at radius 3 is 2.63 bits per heavy atom. The van der Waals surface area contributed by atoms with Gasteiger partial charge in [0.25, 0.3) is 0 Å². The topological polar surface area (TPSA) is 83.5 Å². The fraction of sp³-hybridized carbons (Fsp3) is 0.556. The van der Waals surface area contributed by atoms with Crippen LogP contribution >= 0.6 is 0 Å². The van der Waals surface area contributed by atoms with Crippen LogP contribution in [0.25, 0.3) is 0 Å². The molecule has 0 bridgehead atoms. The quantitative estimate of drug-likeness (QED) is 0.395. The van der Waals surface area contributed by atoms with Crippen molar-refractivity contribution < 1.29 is 36.6 Å². The number of aliphatic hydroxyl groups is 1. The third-order valence-corrected chi connectivity index (χ3v) is 7.47. The van der Waals surface area contributed by atoms with Crippen molar-refractivity contribution >= 4 is 5.91 Å². The van der Waals surface area contributed by atoms with Crippen LogP contribution in [0.5, 0.6) is 5.88 Å². The van der Waals surface area contributed by atoms with Gasteiger partial charge in [0.15, 0.2) is 0 Å². The SMILES string of the molecule is CC(=O)N[C@@H](Cc1cccc(F)c1)[C@H](O)CN[C@H]1CC2(CCC2)Oc2ncc(C(F)C(C)C(F)(F)F)cc21. The molecule has 1 aromatic carbocycles. The molecule has 38 heavy (non-hydrogen) atoms. The Morgan fingerprint density at radius 1 is 1.29 bits per heavy atom. The summed E-state index contributed by atoms with van der Waals surface area (Å²) < 4.78 is 74.0. The zero-order valence-electron chi connectivity index (χ0n) is 21.2. The molecular weight excluding hydrogens is 509 g/mol. The van der Waals surface area contributed by atoms with Gasteiger partial charge in [-0.25, -0.2) is 13.8 Å². The maximum Gasteiger partial charge on any atom is 0.394 e. The number of nitrogens with one attached hydrogen (secondary N) is 2. The van der Waals surface area contributed by atoms with E-state index in [1.165, 1.54) is 25.1 Å². The minimum absolute atomic E-state index is 0.00266. The molecule has 1 fully saturated rings. The van der Waals surface area contributed by atoms with Gasteiger partial charge < -0.3 is 20.5 Å². The number of hydrogen-bond acceptors (Lipinski definition) is 5. The number of carbonyl (C=O) groups is 1. The largest absolute Gasteiger partial charge is 0.471 e. The molecule has 4 rings (SSSR count). The Kier molecular flexibility index (Phi) is 8.27. The first-order valence-electron chi connectivity index (χ1n) is 12.7. The lowest BCUT2D eigenvalue weighted by Gasteiger charge is -2.47. The molecule has 2 unspecified atom stereocenters. The fourth-order valence-corrected chi connectivity index (χ4v) is 5.08. The number of fused-ring (bicyclic) bond motifs is 1. The summed E-state index contributed by atoms with van der Waals surface area (Å²) in [5.74, 6) is -2.77. The summed E-state index contributed by atoms with van der Waals surface area (Å²) in [5.41, 5.74) is 0.341. The molecule has 2 aromatic rings. The summed E-state index contributed by atoms with van der Waals surface area (Å²) >= 11 is 0. The molecule has 0 radical (unpaired) electrons. The predicted octanol–water partition coefficient (Wildman–Crippen LogP) is 4.87. The second kappa shape index (κ2) is 11.1. The van der Waals surface area contributed by atoms with E-state index in [-0.39, 0.29) is 30.3 Å². The summed E-state index contributed by atoms with van der Waals surface area (Å²) in [7, 11) is 0. The van der Waals surface area contributed by atoms with Crippen LogP contribution < -0.4 is 15.4 Å². The normalized spacial score (nSPS) is 21.4. The van der Waals surface area contributed by atoms with Crippen LogP contribution in [0.4, 0.5) is 22.0 Å². The number of rotatable bonds is 9. The third-order valence-electron chi connectivity index (χ3n) is 7.47. The Morgan fingerprint density at radius 2 is 2.03 bits per heavy atom. The van der Waals surface area contributed by atoms with Crippen LogP contribution in [0.15, 0.2) is 36.5 Å². The third kappa shape index (κ3) is 6.43. The van der Waals surface area contributed by atoms with Gasteiger partial charge in [0.1, 0.15) is 17.6 Å². The van der Waals surface area contributed by atoms with Crippen molar-refractivity contribution in [2.75, 3.05) is 6.54 Å². The van der Waals surface area contributed by atoms with Crippen LogP contribution in [0.2, 0.25) is 0 Å². The van der Waals surface area contributed by atoms with E-state index in [0.29, 0.717) is 17.5 Å². The number of amides is 1. The first kappa shape index (κ1) is 28.2. The van der Waals surface area contributed by atoms with Crippen LogP contribution in [0.1, 0.15) is 68.4 Å². The standard InChI is InChI=1S/C27H32F5N3O3/c1-15(27(30,31)32)24(29)18-11-20-22(12-26(7-4-8-26)38-25(20)34-13-18)33-14-23(37)21(35-16(2)36)10-17-5-3-6-19(28)9-17/h3,5-6,9,11,13,15,21-24,33,37H,4,7-8,10,12,14H2,1-2H3,(H,35,36)/t15?,21-,22-,23+,24?/m0/s1. The molecule has 208 valence electrons. The van der Waals surface area contributed by atoms with E-state index in [9.17, 15) is 31.9 Å². The number of hydrogen-bond donors (Lipinski definition) is 3. The molecule has 5 atom stereocenters. The number of aromatic nitrogens is 1. The number of carbonyl (C=O) groups excluding carboxylic acids is 1. The highest BCUT2D eigenvalue weighted by Gasteiger charge is 2.47. The van der Waals surface area contributed by atoms with Gasteiger partial charge in [-0.1, -0.05) is 19.1 Å². The molecule has 1 amide bonds. The van der Waals surface area contributed by atoms with Gasteiger partial charge in [-0.05, 0) is 49.4 Å². The van der Waals surface area contributed by atoms with Crippen LogP contribution in [0, 0.1) is 11.7 Å². The number of pyridine rings is 1. The molecule has 1 aliphatic heterocycles. The first-order valence-corrected chi connectivity index (χ1v) is 12.7. The summed E-state index contributed by atoms with van der Waals surface area (Å²) in [6.07, 6.45) is -3.84. The van der Waals surface area contributed by atoms with Crippen LogP contribution in [-0.4, -0.2) is 46.5 Å². The van der Waals surface area contributed by atoms with Crippen molar-refractivity contribution in [1.82, 2.24) is 15.6 Å². The maximum atomic E-state index is 14.8. The van der Waals surface area contributed by atoms with Gasteiger partial charge in [-0.2, -0.15) is 13.2 Å². The lowest BCUT2D eigenvalue weighted by Crippen LogP contribution is -2.52. The predicted molar refractivity (Wildman–Crippen MR) is 130 cm³/mol. The molecule has 1 saturated carbocycles. The summed E-state index contributed by atoms with van der Waals surface area (Å²) in [6.45, 7) is 2.11. The average molecular weight is 542 g/mol. The minimum atomic E-state index is -4.70. The summed E-state index contributed by atoms with van der Waals surface area (Å²) in [6, 6.07) is 6.01. The van der Waals surface area contributed by atoms with Crippen molar-refractivity contribution in [3.63, 3.8) is 0 Å². The van der Waals surface area contributed by atoms with Gasteiger partial charge >= 0.3 is 6.18 Å². The number of benzene rings is 1. The van der Waals surface area contributed by atoms with E-state index < -0.39 is 47.9 Å². The summed E-state index contributed by atoms with van der Waals surface area (Å²) in [4.78, 5) is 16.0. The van der Waals surface area contributed by atoms with Gasteiger partial charge in [0, 0.05) is 43.3 Å². The minimum Gasteiger partial charge on any atom is -0.471 e. The van der Waals surface area contributed by atoms with E-state index in [2.05, 4.69) is 15.6 Å². The van der Waals surface area contributed by atoms with Crippen molar-refractivity contribution in [2.24, 2.45) is 5.92 Å². The Hall–Kier alpha value is -2.79. The van der Waals surface area contributed by atoms with Gasteiger partial charge in [0.2, 0.25) is 11.8 Å². The molecule has 2 aliphatic rings. The Labute approximate surface area is 218 Å². The Balaban J connectivity index is 1.53. The van der Waals surface area contributed by atoms with E-state index in [1.54, 1.807) is 12.1 Å². The highest BCUT2D eigenvalue weighted by atomic mass is 19.4. The molecular formula is C27H32F5N3O3. The molecule has 2 heterocycles. The van der Waals surface area contributed by atoms with Gasteiger partial charge in [-0.3, -0.25) is 4.79 Å². The molecule has 0 saturated heterocycles. The maximum absolute atomic E-state index is 14.8. The zero-order valence-corrected chi connectivity index (χ0v) is 21.2. The van der Waals surface area contributed by atoms with Crippen LogP contribution in [0.3, 0.4) is 0 Å². The molecule has 1 aromatic heterocycles. The smallest absolute Gasteiger partial charge is 0.394 e. The molecule has 3 N–H and O–H groups in total. The zero-order chi connectivity index (χ0) is 27.7. The highest BCUT2D eigenvalue weighted by Crippen LogP contribution is 2.49. The van der Waals surface area contributed by atoms with E-state index in [1.807, 2.05) is 0 Å². The monoisotopic (exact) mass is 541 g/mol.